The number of anilines is 1. The van der Waals surface area contributed by atoms with Gasteiger partial charge >= 0.3 is 0 Å². The molecule has 2 rings (SSSR count). The first kappa shape index (κ1) is 13.2. The van der Waals surface area contributed by atoms with Crippen LogP contribution in [0.1, 0.15) is 13.8 Å². The molecule has 1 aromatic carbocycles. The van der Waals surface area contributed by atoms with Gasteiger partial charge in [0.2, 0.25) is 5.91 Å². The predicted molar refractivity (Wildman–Crippen MR) is 75.1 cm³/mol. The molecule has 0 radical (unpaired) electrons. The second kappa shape index (κ2) is 5.61. The van der Waals surface area contributed by atoms with Gasteiger partial charge in [0.05, 0.1) is 0 Å². The summed E-state index contributed by atoms with van der Waals surface area (Å²) in [6.45, 7) is 7.24. The number of carbonyl (C=O) groups is 1. The zero-order valence-electron chi connectivity index (χ0n) is 10.9. The number of benzene rings is 1. The molecule has 1 aromatic rings. The van der Waals surface area contributed by atoms with Gasteiger partial charge in [0.1, 0.15) is 0 Å². The zero-order chi connectivity index (χ0) is 13.1. The lowest BCUT2D eigenvalue weighted by Crippen LogP contribution is -2.49. The van der Waals surface area contributed by atoms with Crippen LogP contribution in [-0.2, 0) is 4.79 Å². The number of amides is 1. The van der Waals surface area contributed by atoms with E-state index in [9.17, 15) is 4.79 Å². The van der Waals surface area contributed by atoms with Crippen molar-refractivity contribution in [3.63, 3.8) is 0 Å². The monoisotopic (exact) mass is 266 g/mol. The van der Waals surface area contributed by atoms with Crippen LogP contribution in [0.25, 0.3) is 0 Å². The van der Waals surface area contributed by atoms with Gasteiger partial charge in [0.15, 0.2) is 0 Å². The Bertz CT molecular complexity index is 426. The number of hydrogen-bond donors (Lipinski definition) is 0. The molecule has 1 fully saturated rings. The summed E-state index contributed by atoms with van der Waals surface area (Å²) in [5, 5.41) is 0.758. The summed E-state index contributed by atoms with van der Waals surface area (Å²) >= 11 is 5.99. The van der Waals surface area contributed by atoms with Crippen LogP contribution >= 0.6 is 11.6 Å². The molecule has 0 N–H and O–H groups in total. The van der Waals surface area contributed by atoms with Crippen LogP contribution < -0.4 is 4.90 Å². The smallest absolute Gasteiger partial charge is 0.225 e. The lowest BCUT2D eigenvalue weighted by molar-refractivity contribution is -0.134. The predicted octanol–water partition coefficient (Wildman–Crippen LogP) is 2.64. The Balaban J connectivity index is 1.96. The zero-order valence-corrected chi connectivity index (χ0v) is 11.7. The molecule has 1 aliphatic rings. The Morgan fingerprint density at radius 1 is 1.22 bits per heavy atom. The molecule has 0 unspecified atom stereocenters. The summed E-state index contributed by atoms with van der Waals surface area (Å²) < 4.78 is 0. The minimum atomic E-state index is 0.0859. The minimum Gasteiger partial charge on any atom is -0.368 e. The van der Waals surface area contributed by atoms with Gasteiger partial charge in [-0.25, -0.2) is 0 Å². The molecule has 0 atom stereocenters. The van der Waals surface area contributed by atoms with E-state index in [4.69, 9.17) is 11.6 Å². The summed E-state index contributed by atoms with van der Waals surface area (Å²) in [5.41, 5.74) is 1.14. The van der Waals surface area contributed by atoms with Gasteiger partial charge in [-0.05, 0) is 18.2 Å². The fraction of sp³-hybridized carbons (Fsp3) is 0.500. The van der Waals surface area contributed by atoms with Crippen LogP contribution in [0.3, 0.4) is 0 Å². The maximum atomic E-state index is 11.9. The molecule has 0 aromatic heterocycles. The highest BCUT2D eigenvalue weighted by atomic mass is 35.5. The van der Waals surface area contributed by atoms with Crippen molar-refractivity contribution in [2.24, 2.45) is 5.92 Å². The second-order valence-electron chi connectivity index (χ2n) is 4.95. The summed E-state index contributed by atoms with van der Waals surface area (Å²) in [7, 11) is 0. The largest absolute Gasteiger partial charge is 0.368 e. The minimum absolute atomic E-state index is 0.0859. The van der Waals surface area contributed by atoms with Crippen molar-refractivity contribution in [3.05, 3.63) is 29.3 Å². The van der Waals surface area contributed by atoms with Crippen molar-refractivity contribution in [1.82, 2.24) is 4.90 Å². The molecule has 0 saturated carbocycles. The van der Waals surface area contributed by atoms with Crippen molar-refractivity contribution >= 4 is 23.2 Å². The quantitative estimate of drug-likeness (QED) is 0.822. The number of hydrogen-bond acceptors (Lipinski definition) is 2. The Labute approximate surface area is 113 Å². The van der Waals surface area contributed by atoms with Crippen LogP contribution in [0.5, 0.6) is 0 Å². The lowest BCUT2D eigenvalue weighted by Gasteiger charge is -2.37. The van der Waals surface area contributed by atoms with E-state index in [0.717, 1.165) is 36.9 Å². The maximum absolute atomic E-state index is 11.9. The number of carbonyl (C=O) groups excluding carboxylic acids is 1. The molecular weight excluding hydrogens is 248 g/mol. The van der Waals surface area contributed by atoms with Crippen LogP contribution in [0.2, 0.25) is 5.02 Å². The van der Waals surface area contributed by atoms with Gasteiger partial charge in [0, 0.05) is 42.8 Å². The molecule has 3 nitrogen and oxygen atoms in total. The average Bonchev–Trinajstić information content (AvgIpc) is 2.38. The van der Waals surface area contributed by atoms with Crippen molar-refractivity contribution < 1.29 is 4.79 Å². The average molecular weight is 267 g/mol. The van der Waals surface area contributed by atoms with E-state index in [0.29, 0.717) is 0 Å². The van der Waals surface area contributed by atoms with E-state index in [1.165, 1.54) is 0 Å². The summed E-state index contributed by atoms with van der Waals surface area (Å²) in [4.78, 5) is 16.1. The highest BCUT2D eigenvalue weighted by Gasteiger charge is 2.22. The molecule has 1 saturated heterocycles. The molecule has 4 heteroatoms. The van der Waals surface area contributed by atoms with E-state index >= 15 is 0 Å². The van der Waals surface area contributed by atoms with E-state index in [-0.39, 0.29) is 11.8 Å². The Kier molecular flexibility index (Phi) is 4.12. The highest BCUT2D eigenvalue weighted by molar-refractivity contribution is 6.30. The van der Waals surface area contributed by atoms with Crippen molar-refractivity contribution in [2.75, 3.05) is 31.1 Å². The molecule has 98 valence electrons. The number of nitrogens with zero attached hydrogens (tertiary/aromatic N) is 2. The Morgan fingerprint density at radius 2 is 1.89 bits per heavy atom. The molecule has 0 bridgehead atoms. The first-order chi connectivity index (χ1) is 8.58. The van der Waals surface area contributed by atoms with Crippen molar-refractivity contribution in [3.8, 4) is 0 Å². The van der Waals surface area contributed by atoms with Gasteiger partial charge in [0.25, 0.3) is 0 Å². The van der Waals surface area contributed by atoms with Crippen LogP contribution in [0.15, 0.2) is 24.3 Å². The van der Waals surface area contributed by atoms with Crippen molar-refractivity contribution in [1.29, 1.82) is 0 Å². The highest BCUT2D eigenvalue weighted by Crippen LogP contribution is 2.21. The third-order valence-corrected chi connectivity index (χ3v) is 3.49. The molecule has 0 aliphatic carbocycles. The third-order valence-electron chi connectivity index (χ3n) is 3.26. The summed E-state index contributed by atoms with van der Waals surface area (Å²) in [5.74, 6) is 0.337. The Hall–Kier alpha value is -1.22. The third kappa shape index (κ3) is 2.96. The summed E-state index contributed by atoms with van der Waals surface area (Å²) in [6.07, 6.45) is 0. The van der Waals surface area contributed by atoms with Crippen LogP contribution in [0, 0.1) is 5.92 Å². The fourth-order valence-corrected chi connectivity index (χ4v) is 2.41. The number of rotatable bonds is 2. The molecule has 1 heterocycles. The first-order valence-electron chi connectivity index (χ1n) is 6.37. The van der Waals surface area contributed by atoms with Gasteiger partial charge in [-0.1, -0.05) is 31.5 Å². The van der Waals surface area contributed by atoms with E-state index in [2.05, 4.69) is 11.0 Å². The van der Waals surface area contributed by atoms with Gasteiger partial charge < -0.3 is 9.80 Å². The lowest BCUT2D eigenvalue weighted by atomic mass is 10.1. The number of halogens is 1. The van der Waals surface area contributed by atoms with E-state index in [1.54, 1.807) is 0 Å². The van der Waals surface area contributed by atoms with E-state index in [1.807, 2.05) is 36.9 Å². The van der Waals surface area contributed by atoms with Gasteiger partial charge in [-0.2, -0.15) is 0 Å². The topological polar surface area (TPSA) is 23.6 Å². The van der Waals surface area contributed by atoms with Crippen LogP contribution in [-0.4, -0.2) is 37.0 Å². The van der Waals surface area contributed by atoms with Gasteiger partial charge in [-0.3, -0.25) is 4.79 Å². The Morgan fingerprint density at radius 3 is 2.44 bits per heavy atom. The SMILES string of the molecule is CC(C)C(=O)N1CCN(c2cccc(Cl)c2)CC1. The molecule has 18 heavy (non-hydrogen) atoms. The second-order valence-corrected chi connectivity index (χ2v) is 5.38. The molecule has 1 aliphatic heterocycles. The normalized spacial score (nSPS) is 16.2. The number of piperazine rings is 1. The summed E-state index contributed by atoms with van der Waals surface area (Å²) in [6, 6.07) is 7.88. The fourth-order valence-electron chi connectivity index (χ4n) is 2.22. The molecular formula is C14H19ClN2O. The van der Waals surface area contributed by atoms with E-state index < -0.39 is 0 Å². The van der Waals surface area contributed by atoms with Gasteiger partial charge in [-0.15, -0.1) is 0 Å². The maximum Gasteiger partial charge on any atom is 0.225 e. The van der Waals surface area contributed by atoms with Crippen LogP contribution in [0.4, 0.5) is 5.69 Å². The molecule has 1 amide bonds. The first-order valence-corrected chi connectivity index (χ1v) is 6.75. The van der Waals surface area contributed by atoms with Crippen molar-refractivity contribution in [2.45, 2.75) is 13.8 Å². The molecule has 0 spiro atoms. The standard InChI is InChI=1S/C14H19ClN2O/c1-11(2)14(18)17-8-6-16(7-9-17)13-5-3-4-12(15)10-13/h3-5,10-11H,6-9H2,1-2H3.